The van der Waals surface area contributed by atoms with Gasteiger partial charge in [-0.05, 0) is 30.5 Å². The Kier molecular flexibility index (Phi) is 4.86. The van der Waals surface area contributed by atoms with Crippen LogP contribution in [0, 0.1) is 5.92 Å². The standard InChI is InChI=1S/C18H24N2O3/c1-23-16-8-4-6-14-18(16)13(11-19-14)9-17(22)20-10-12-5-2-3-7-15(12)21/h4,6,8,11-12,15,19,21H,2-3,5,7,9-10H2,1H3,(H,20,22). The van der Waals surface area contributed by atoms with Crippen molar-refractivity contribution in [1.82, 2.24) is 10.3 Å². The summed E-state index contributed by atoms with van der Waals surface area (Å²) in [6, 6.07) is 5.79. The van der Waals surface area contributed by atoms with Crippen LogP contribution >= 0.6 is 0 Å². The highest BCUT2D eigenvalue weighted by atomic mass is 16.5. The van der Waals surface area contributed by atoms with Gasteiger partial charge >= 0.3 is 0 Å². The number of methoxy groups -OCH3 is 1. The number of carbonyl (C=O) groups excluding carboxylic acids is 1. The summed E-state index contributed by atoms with van der Waals surface area (Å²) >= 11 is 0. The second-order valence-electron chi connectivity index (χ2n) is 6.29. The number of aromatic amines is 1. The van der Waals surface area contributed by atoms with E-state index in [4.69, 9.17) is 4.74 Å². The maximum Gasteiger partial charge on any atom is 0.224 e. The fourth-order valence-electron chi connectivity index (χ4n) is 3.44. The molecule has 124 valence electrons. The van der Waals surface area contributed by atoms with Crippen molar-refractivity contribution in [1.29, 1.82) is 0 Å². The molecule has 1 fully saturated rings. The third kappa shape index (κ3) is 3.50. The number of aliphatic hydroxyl groups excluding tert-OH is 1. The summed E-state index contributed by atoms with van der Waals surface area (Å²) in [6.07, 6.45) is 5.95. The zero-order valence-corrected chi connectivity index (χ0v) is 13.5. The highest BCUT2D eigenvalue weighted by Gasteiger charge is 2.23. The number of rotatable bonds is 5. The molecule has 5 heteroatoms. The highest BCUT2D eigenvalue weighted by molar-refractivity contribution is 5.93. The van der Waals surface area contributed by atoms with Crippen LogP contribution in [-0.4, -0.2) is 35.8 Å². The average Bonchev–Trinajstić information content (AvgIpc) is 2.97. The second kappa shape index (κ2) is 7.04. The molecule has 2 unspecified atom stereocenters. The van der Waals surface area contributed by atoms with Gasteiger partial charge in [0.05, 0.1) is 19.6 Å². The van der Waals surface area contributed by atoms with Crippen molar-refractivity contribution in [3.8, 4) is 5.75 Å². The number of H-pyrrole nitrogens is 1. The van der Waals surface area contributed by atoms with Gasteiger partial charge < -0.3 is 20.1 Å². The van der Waals surface area contributed by atoms with E-state index in [1.807, 2.05) is 24.4 Å². The first-order valence-electron chi connectivity index (χ1n) is 8.26. The van der Waals surface area contributed by atoms with Crippen molar-refractivity contribution in [2.75, 3.05) is 13.7 Å². The van der Waals surface area contributed by atoms with Crippen LogP contribution in [0.25, 0.3) is 10.9 Å². The number of aliphatic hydroxyl groups is 1. The van der Waals surface area contributed by atoms with Gasteiger partial charge in [0.25, 0.3) is 0 Å². The van der Waals surface area contributed by atoms with Gasteiger partial charge in [-0.3, -0.25) is 4.79 Å². The van der Waals surface area contributed by atoms with Crippen molar-refractivity contribution < 1.29 is 14.6 Å². The van der Waals surface area contributed by atoms with Crippen molar-refractivity contribution in [2.24, 2.45) is 5.92 Å². The fraction of sp³-hybridized carbons (Fsp3) is 0.500. The molecule has 0 spiro atoms. The number of ether oxygens (including phenoxy) is 1. The molecule has 3 rings (SSSR count). The molecule has 2 aromatic rings. The summed E-state index contributed by atoms with van der Waals surface area (Å²) in [4.78, 5) is 15.4. The number of benzene rings is 1. The number of carbonyl (C=O) groups is 1. The normalized spacial score (nSPS) is 21.3. The van der Waals surface area contributed by atoms with Crippen LogP contribution in [0.2, 0.25) is 0 Å². The molecule has 0 bridgehead atoms. The topological polar surface area (TPSA) is 74.4 Å². The second-order valence-corrected chi connectivity index (χ2v) is 6.29. The average molecular weight is 316 g/mol. The molecule has 1 aliphatic rings. The molecule has 1 aliphatic carbocycles. The Hall–Kier alpha value is -2.01. The van der Waals surface area contributed by atoms with E-state index in [1.165, 1.54) is 0 Å². The Morgan fingerprint density at radius 2 is 2.22 bits per heavy atom. The molecule has 1 heterocycles. The van der Waals surface area contributed by atoms with Crippen molar-refractivity contribution in [3.63, 3.8) is 0 Å². The quantitative estimate of drug-likeness (QED) is 0.793. The predicted octanol–water partition coefficient (Wildman–Crippen LogP) is 2.39. The van der Waals surface area contributed by atoms with E-state index in [9.17, 15) is 9.90 Å². The highest BCUT2D eigenvalue weighted by Crippen LogP contribution is 2.29. The first kappa shape index (κ1) is 15.9. The lowest BCUT2D eigenvalue weighted by atomic mass is 9.86. The summed E-state index contributed by atoms with van der Waals surface area (Å²) in [7, 11) is 1.64. The smallest absolute Gasteiger partial charge is 0.224 e. The number of nitrogens with one attached hydrogen (secondary N) is 2. The minimum Gasteiger partial charge on any atom is -0.496 e. The zero-order chi connectivity index (χ0) is 16.2. The van der Waals surface area contributed by atoms with Gasteiger partial charge in [0.1, 0.15) is 5.75 Å². The molecule has 2 atom stereocenters. The van der Waals surface area contributed by atoms with Crippen molar-refractivity contribution >= 4 is 16.8 Å². The molecule has 0 saturated heterocycles. The summed E-state index contributed by atoms with van der Waals surface area (Å²) in [6.45, 7) is 0.555. The van der Waals surface area contributed by atoms with Gasteiger partial charge in [-0.25, -0.2) is 0 Å². The van der Waals surface area contributed by atoms with Crippen molar-refractivity contribution in [3.05, 3.63) is 30.0 Å². The Balaban J connectivity index is 1.64. The van der Waals surface area contributed by atoms with Crippen LogP contribution in [0.15, 0.2) is 24.4 Å². The van der Waals surface area contributed by atoms with Crippen molar-refractivity contribution in [2.45, 2.75) is 38.2 Å². The van der Waals surface area contributed by atoms with Crippen LogP contribution in [0.4, 0.5) is 0 Å². The van der Waals surface area contributed by atoms with E-state index in [1.54, 1.807) is 7.11 Å². The molecule has 3 N–H and O–H groups in total. The molecule has 1 saturated carbocycles. The van der Waals surface area contributed by atoms with Crippen LogP contribution in [0.3, 0.4) is 0 Å². The Bertz CT molecular complexity index is 680. The van der Waals surface area contributed by atoms with Crippen LogP contribution in [-0.2, 0) is 11.2 Å². The van der Waals surface area contributed by atoms with Crippen LogP contribution < -0.4 is 10.1 Å². The summed E-state index contributed by atoms with van der Waals surface area (Å²) in [5.41, 5.74) is 1.90. The van der Waals surface area contributed by atoms with Gasteiger partial charge in [0, 0.05) is 29.6 Å². The molecule has 0 aliphatic heterocycles. The van der Waals surface area contributed by atoms with Crippen LogP contribution in [0.5, 0.6) is 5.75 Å². The number of hydrogen-bond donors (Lipinski definition) is 3. The molecule has 1 aromatic heterocycles. The Morgan fingerprint density at radius 1 is 1.39 bits per heavy atom. The molecule has 5 nitrogen and oxygen atoms in total. The van der Waals surface area contributed by atoms with E-state index >= 15 is 0 Å². The van der Waals surface area contributed by atoms with Crippen LogP contribution in [0.1, 0.15) is 31.2 Å². The van der Waals surface area contributed by atoms with Gasteiger partial charge in [-0.1, -0.05) is 18.9 Å². The zero-order valence-electron chi connectivity index (χ0n) is 13.5. The molecular formula is C18H24N2O3. The van der Waals surface area contributed by atoms with E-state index < -0.39 is 0 Å². The van der Waals surface area contributed by atoms with Gasteiger partial charge in [0.2, 0.25) is 5.91 Å². The fourth-order valence-corrected chi connectivity index (χ4v) is 3.44. The molecule has 23 heavy (non-hydrogen) atoms. The van der Waals surface area contributed by atoms with Gasteiger partial charge in [-0.2, -0.15) is 0 Å². The summed E-state index contributed by atoms with van der Waals surface area (Å²) < 4.78 is 5.39. The molecular weight excluding hydrogens is 292 g/mol. The molecule has 1 aromatic carbocycles. The number of hydrogen-bond acceptors (Lipinski definition) is 3. The number of fused-ring (bicyclic) bond motifs is 1. The van der Waals surface area contributed by atoms with Gasteiger partial charge in [0.15, 0.2) is 0 Å². The minimum absolute atomic E-state index is 0.0189. The molecule has 0 radical (unpaired) electrons. The van der Waals surface area contributed by atoms with E-state index in [0.717, 1.165) is 47.9 Å². The number of amides is 1. The maximum absolute atomic E-state index is 12.3. The number of aromatic nitrogens is 1. The lowest BCUT2D eigenvalue weighted by Crippen LogP contribution is -2.37. The van der Waals surface area contributed by atoms with Gasteiger partial charge in [-0.15, -0.1) is 0 Å². The largest absolute Gasteiger partial charge is 0.496 e. The maximum atomic E-state index is 12.3. The van der Waals surface area contributed by atoms with E-state index in [0.29, 0.717) is 13.0 Å². The Labute approximate surface area is 136 Å². The monoisotopic (exact) mass is 316 g/mol. The van der Waals surface area contributed by atoms with E-state index in [2.05, 4.69) is 10.3 Å². The lowest BCUT2D eigenvalue weighted by molar-refractivity contribution is -0.120. The third-order valence-electron chi connectivity index (χ3n) is 4.75. The Morgan fingerprint density at radius 3 is 3.00 bits per heavy atom. The SMILES string of the molecule is COc1cccc2[nH]cc(CC(=O)NCC3CCCCC3O)c12. The third-order valence-corrected chi connectivity index (χ3v) is 4.75. The first-order chi connectivity index (χ1) is 11.2. The predicted molar refractivity (Wildman–Crippen MR) is 89.5 cm³/mol. The summed E-state index contributed by atoms with van der Waals surface area (Å²) in [5, 5.41) is 13.9. The summed E-state index contributed by atoms with van der Waals surface area (Å²) in [5.74, 6) is 0.939. The molecule has 1 amide bonds. The first-order valence-corrected chi connectivity index (χ1v) is 8.26. The van der Waals surface area contributed by atoms with E-state index in [-0.39, 0.29) is 17.9 Å². The minimum atomic E-state index is -0.280. The lowest BCUT2D eigenvalue weighted by Gasteiger charge is -2.27.